The quantitative estimate of drug-likeness (QED) is 0.861. The van der Waals surface area contributed by atoms with Crippen LogP contribution in [0.4, 0.5) is 5.13 Å². The van der Waals surface area contributed by atoms with Crippen LogP contribution in [0.3, 0.4) is 0 Å². The Bertz CT molecular complexity index is 316. The summed E-state index contributed by atoms with van der Waals surface area (Å²) >= 11 is 1.64. The molecule has 1 aromatic rings. The van der Waals surface area contributed by atoms with Crippen molar-refractivity contribution in [3.8, 4) is 0 Å². The number of nitrogens with one attached hydrogen (secondary N) is 1. The van der Waals surface area contributed by atoms with E-state index in [1.165, 1.54) is 0 Å². The van der Waals surface area contributed by atoms with Crippen molar-refractivity contribution in [2.75, 3.05) is 25.5 Å². The molecule has 0 bridgehead atoms. The molecule has 92 valence electrons. The molecule has 0 radical (unpaired) electrons. The molecule has 0 fully saturated rings. The zero-order valence-electron chi connectivity index (χ0n) is 10.9. The maximum absolute atomic E-state index is 4.17. The minimum Gasteiger partial charge on any atom is -0.360 e. The molecule has 0 atom stereocenters. The molecule has 0 aliphatic carbocycles. The summed E-state index contributed by atoms with van der Waals surface area (Å²) in [7, 11) is 2.12. The minimum absolute atomic E-state index is 0.323. The predicted molar refractivity (Wildman–Crippen MR) is 69.9 cm³/mol. The zero-order valence-corrected chi connectivity index (χ0v) is 11.7. The monoisotopic (exact) mass is 242 g/mol. The summed E-state index contributed by atoms with van der Waals surface area (Å²) in [6, 6.07) is 0. The number of aromatic nitrogens is 2. The lowest BCUT2D eigenvalue weighted by Gasteiger charge is -2.25. The van der Waals surface area contributed by atoms with Gasteiger partial charge in [0.05, 0.1) is 6.54 Å². The van der Waals surface area contributed by atoms with Crippen molar-refractivity contribution in [3.63, 3.8) is 0 Å². The van der Waals surface area contributed by atoms with E-state index in [-0.39, 0.29) is 0 Å². The molecule has 4 nitrogen and oxygen atoms in total. The summed E-state index contributed by atoms with van der Waals surface area (Å²) in [5.74, 6) is 0. The number of nitrogens with zero attached hydrogens (tertiary/aromatic N) is 3. The van der Waals surface area contributed by atoms with Gasteiger partial charge in [0.25, 0.3) is 0 Å². The van der Waals surface area contributed by atoms with Crippen LogP contribution in [0.1, 0.15) is 32.7 Å². The van der Waals surface area contributed by atoms with Gasteiger partial charge >= 0.3 is 0 Å². The first-order chi connectivity index (χ1) is 7.40. The van der Waals surface area contributed by atoms with E-state index in [0.29, 0.717) is 5.41 Å². The standard InChI is InChI=1S/C11H22N4S/c1-6-12-10-14-13-9(16-10)7-15(5)8-11(2,3)4/h6-8H2,1-5H3,(H,12,14). The Balaban J connectivity index is 2.46. The van der Waals surface area contributed by atoms with E-state index in [4.69, 9.17) is 0 Å². The van der Waals surface area contributed by atoms with Crippen molar-refractivity contribution >= 4 is 16.5 Å². The van der Waals surface area contributed by atoms with Gasteiger partial charge in [0, 0.05) is 13.1 Å². The summed E-state index contributed by atoms with van der Waals surface area (Å²) in [6.07, 6.45) is 0. The number of anilines is 1. The van der Waals surface area contributed by atoms with Gasteiger partial charge in [-0.2, -0.15) is 0 Å². The number of rotatable bonds is 5. The van der Waals surface area contributed by atoms with Crippen molar-refractivity contribution in [2.45, 2.75) is 34.2 Å². The van der Waals surface area contributed by atoms with Gasteiger partial charge in [-0.3, -0.25) is 4.90 Å². The Morgan fingerprint density at radius 1 is 1.31 bits per heavy atom. The van der Waals surface area contributed by atoms with Crippen molar-refractivity contribution < 1.29 is 0 Å². The first-order valence-corrected chi connectivity index (χ1v) is 6.47. The summed E-state index contributed by atoms with van der Waals surface area (Å²) in [5.41, 5.74) is 0.323. The fraction of sp³-hybridized carbons (Fsp3) is 0.818. The van der Waals surface area contributed by atoms with Crippen LogP contribution in [-0.4, -0.2) is 35.2 Å². The third-order valence-electron chi connectivity index (χ3n) is 1.94. The maximum Gasteiger partial charge on any atom is 0.205 e. The van der Waals surface area contributed by atoms with E-state index in [1.807, 2.05) is 0 Å². The highest BCUT2D eigenvalue weighted by molar-refractivity contribution is 7.15. The number of hydrogen-bond acceptors (Lipinski definition) is 5. The first-order valence-electron chi connectivity index (χ1n) is 5.65. The van der Waals surface area contributed by atoms with Crippen molar-refractivity contribution in [2.24, 2.45) is 5.41 Å². The van der Waals surface area contributed by atoms with Crippen LogP contribution in [0.2, 0.25) is 0 Å². The van der Waals surface area contributed by atoms with Crippen LogP contribution in [0, 0.1) is 5.41 Å². The smallest absolute Gasteiger partial charge is 0.205 e. The highest BCUT2D eigenvalue weighted by Gasteiger charge is 2.15. The van der Waals surface area contributed by atoms with E-state index >= 15 is 0 Å². The van der Waals surface area contributed by atoms with Gasteiger partial charge in [0.15, 0.2) is 0 Å². The molecule has 1 aromatic heterocycles. The third kappa shape index (κ3) is 4.90. The summed E-state index contributed by atoms with van der Waals surface area (Å²) in [6.45, 7) is 11.6. The number of hydrogen-bond donors (Lipinski definition) is 1. The van der Waals surface area contributed by atoms with Crippen LogP contribution in [-0.2, 0) is 6.54 Å². The topological polar surface area (TPSA) is 41.1 Å². The lowest BCUT2D eigenvalue weighted by atomic mass is 9.96. The fourth-order valence-corrected chi connectivity index (χ4v) is 2.52. The van der Waals surface area contributed by atoms with E-state index in [9.17, 15) is 0 Å². The molecule has 1 rings (SSSR count). The predicted octanol–water partition coefficient (Wildman–Crippen LogP) is 2.45. The molecule has 0 aliphatic heterocycles. The minimum atomic E-state index is 0.323. The summed E-state index contributed by atoms with van der Waals surface area (Å²) in [4.78, 5) is 2.29. The molecular formula is C11H22N4S. The molecule has 1 heterocycles. The van der Waals surface area contributed by atoms with Gasteiger partial charge in [-0.1, -0.05) is 32.1 Å². The Morgan fingerprint density at radius 2 is 2.00 bits per heavy atom. The Kier molecular flexibility index (Phi) is 4.68. The molecule has 16 heavy (non-hydrogen) atoms. The molecule has 0 amide bonds. The Labute approximate surface area is 102 Å². The molecule has 5 heteroatoms. The second-order valence-electron chi connectivity index (χ2n) is 5.26. The second kappa shape index (κ2) is 5.59. The molecule has 0 spiro atoms. The van der Waals surface area contributed by atoms with Crippen LogP contribution in [0.25, 0.3) is 0 Å². The van der Waals surface area contributed by atoms with Gasteiger partial charge in [-0.05, 0) is 19.4 Å². The lowest BCUT2D eigenvalue weighted by Crippen LogP contribution is -2.28. The average Bonchev–Trinajstić information content (AvgIpc) is 2.49. The second-order valence-corrected chi connectivity index (χ2v) is 6.33. The summed E-state index contributed by atoms with van der Waals surface area (Å²) in [5, 5.41) is 13.4. The van der Waals surface area contributed by atoms with Crippen molar-refractivity contribution in [3.05, 3.63) is 5.01 Å². The fourth-order valence-electron chi connectivity index (χ4n) is 1.64. The maximum atomic E-state index is 4.17. The van der Waals surface area contributed by atoms with Gasteiger partial charge in [-0.25, -0.2) is 0 Å². The van der Waals surface area contributed by atoms with Gasteiger partial charge in [0.1, 0.15) is 5.01 Å². The first kappa shape index (κ1) is 13.4. The Hall–Kier alpha value is -0.680. The van der Waals surface area contributed by atoms with Crippen LogP contribution >= 0.6 is 11.3 Å². The molecule has 0 saturated carbocycles. The van der Waals surface area contributed by atoms with Gasteiger partial charge in [0.2, 0.25) is 5.13 Å². The lowest BCUT2D eigenvalue weighted by molar-refractivity contribution is 0.220. The van der Waals surface area contributed by atoms with E-state index in [0.717, 1.165) is 29.8 Å². The largest absolute Gasteiger partial charge is 0.360 e. The molecule has 0 saturated heterocycles. The van der Waals surface area contributed by atoms with Crippen molar-refractivity contribution in [1.29, 1.82) is 0 Å². The van der Waals surface area contributed by atoms with E-state index in [1.54, 1.807) is 11.3 Å². The normalized spacial score (nSPS) is 12.1. The highest BCUT2D eigenvalue weighted by atomic mass is 32.1. The SMILES string of the molecule is CCNc1nnc(CN(C)CC(C)(C)C)s1. The molecular weight excluding hydrogens is 220 g/mol. The average molecular weight is 242 g/mol. The van der Waals surface area contributed by atoms with Crippen molar-refractivity contribution in [1.82, 2.24) is 15.1 Å². The van der Waals surface area contributed by atoms with Gasteiger partial charge in [-0.15, -0.1) is 10.2 Å². The highest BCUT2D eigenvalue weighted by Crippen LogP contribution is 2.19. The molecule has 1 N–H and O–H groups in total. The molecule has 0 unspecified atom stereocenters. The molecule has 0 aromatic carbocycles. The Morgan fingerprint density at radius 3 is 2.56 bits per heavy atom. The van der Waals surface area contributed by atoms with E-state index < -0.39 is 0 Å². The van der Waals surface area contributed by atoms with Gasteiger partial charge < -0.3 is 5.32 Å². The molecule has 0 aliphatic rings. The van der Waals surface area contributed by atoms with Crippen LogP contribution < -0.4 is 5.32 Å². The van der Waals surface area contributed by atoms with E-state index in [2.05, 4.69) is 55.2 Å². The summed E-state index contributed by atoms with van der Waals surface area (Å²) < 4.78 is 0. The third-order valence-corrected chi connectivity index (χ3v) is 2.81. The zero-order chi connectivity index (χ0) is 12.2. The van der Waals surface area contributed by atoms with Crippen LogP contribution in [0.15, 0.2) is 0 Å². The van der Waals surface area contributed by atoms with Crippen LogP contribution in [0.5, 0.6) is 0 Å².